The van der Waals surface area contributed by atoms with Gasteiger partial charge in [0.15, 0.2) is 0 Å². The number of hydrogen-bond acceptors (Lipinski definition) is 2. The van der Waals surface area contributed by atoms with Crippen LogP contribution in [0.3, 0.4) is 0 Å². The third-order valence-electron chi connectivity index (χ3n) is 3.97. The van der Waals surface area contributed by atoms with Gasteiger partial charge in [0.05, 0.1) is 6.61 Å². The molecular weight excluding hydrogens is 200 g/mol. The van der Waals surface area contributed by atoms with Crippen LogP contribution in [0.5, 0.6) is 5.75 Å². The molecule has 16 heavy (non-hydrogen) atoms. The van der Waals surface area contributed by atoms with Crippen molar-refractivity contribution in [2.75, 3.05) is 13.2 Å². The molecule has 0 radical (unpaired) electrons. The fourth-order valence-corrected chi connectivity index (χ4v) is 2.74. The fourth-order valence-electron chi connectivity index (χ4n) is 2.74. The minimum Gasteiger partial charge on any atom is -0.493 e. The maximum atomic E-state index is 9.34. The Morgan fingerprint density at radius 1 is 1.31 bits per heavy atom. The highest BCUT2D eigenvalue weighted by Gasteiger charge is 2.44. The van der Waals surface area contributed by atoms with Gasteiger partial charge < -0.3 is 9.84 Å². The number of benzene rings is 1. The molecule has 1 atom stereocenters. The highest BCUT2D eigenvalue weighted by molar-refractivity contribution is 5.35. The summed E-state index contributed by atoms with van der Waals surface area (Å²) in [4.78, 5) is 0. The van der Waals surface area contributed by atoms with Gasteiger partial charge in [0.2, 0.25) is 0 Å². The van der Waals surface area contributed by atoms with Crippen molar-refractivity contribution >= 4 is 0 Å². The fraction of sp³-hybridized carbons (Fsp3) is 0.571. The second kappa shape index (κ2) is 3.77. The quantitative estimate of drug-likeness (QED) is 0.844. The van der Waals surface area contributed by atoms with Gasteiger partial charge in [-0.1, -0.05) is 18.2 Å². The molecule has 1 aliphatic heterocycles. The molecule has 2 aliphatic rings. The van der Waals surface area contributed by atoms with E-state index in [0.717, 1.165) is 25.2 Å². The molecule has 0 amide bonds. The Balaban J connectivity index is 1.69. The smallest absolute Gasteiger partial charge is 0.122 e. The van der Waals surface area contributed by atoms with Gasteiger partial charge in [-0.25, -0.2) is 0 Å². The number of ether oxygens (including phenoxy) is 1. The molecule has 1 N–H and O–H groups in total. The average Bonchev–Trinajstić information content (AvgIpc) is 3.09. The molecule has 1 aromatic rings. The summed E-state index contributed by atoms with van der Waals surface area (Å²) in [6, 6.07) is 8.29. The van der Waals surface area contributed by atoms with Crippen molar-refractivity contribution in [3.8, 4) is 5.75 Å². The Morgan fingerprint density at radius 2 is 2.12 bits per heavy atom. The van der Waals surface area contributed by atoms with E-state index in [1.807, 2.05) is 12.1 Å². The monoisotopic (exact) mass is 218 g/mol. The van der Waals surface area contributed by atoms with Crippen molar-refractivity contribution in [1.82, 2.24) is 0 Å². The zero-order valence-corrected chi connectivity index (χ0v) is 9.48. The normalized spacial score (nSPS) is 25.7. The summed E-state index contributed by atoms with van der Waals surface area (Å²) in [7, 11) is 0. The Morgan fingerprint density at radius 3 is 2.88 bits per heavy atom. The van der Waals surface area contributed by atoms with Gasteiger partial charge >= 0.3 is 0 Å². The van der Waals surface area contributed by atoms with E-state index in [0.29, 0.717) is 12.5 Å². The number of aliphatic hydroxyl groups is 1. The number of aliphatic hydroxyl groups excluding tert-OH is 1. The summed E-state index contributed by atoms with van der Waals surface area (Å²) >= 11 is 0. The first-order chi connectivity index (χ1) is 7.81. The van der Waals surface area contributed by atoms with Gasteiger partial charge in [0, 0.05) is 6.61 Å². The summed E-state index contributed by atoms with van der Waals surface area (Å²) in [5.74, 6) is 1.64. The van der Waals surface area contributed by atoms with Crippen LogP contribution in [0.4, 0.5) is 0 Å². The summed E-state index contributed by atoms with van der Waals surface area (Å²) < 4.78 is 5.77. The van der Waals surface area contributed by atoms with Crippen LogP contribution in [0.15, 0.2) is 24.3 Å². The second-order valence-electron chi connectivity index (χ2n) is 5.35. The van der Waals surface area contributed by atoms with Gasteiger partial charge in [-0.15, -0.1) is 0 Å². The molecule has 0 saturated heterocycles. The Kier molecular flexibility index (Phi) is 2.40. The van der Waals surface area contributed by atoms with Crippen molar-refractivity contribution in [2.45, 2.75) is 25.7 Å². The van der Waals surface area contributed by atoms with E-state index < -0.39 is 0 Å². The molecule has 1 fully saturated rings. The molecule has 1 unspecified atom stereocenters. The maximum absolute atomic E-state index is 9.34. The third-order valence-corrected chi connectivity index (χ3v) is 3.97. The molecule has 86 valence electrons. The van der Waals surface area contributed by atoms with Crippen LogP contribution in [0.2, 0.25) is 0 Å². The van der Waals surface area contributed by atoms with Gasteiger partial charge in [0.1, 0.15) is 5.75 Å². The van der Waals surface area contributed by atoms with Crippen molar-refractivity contribution in [3.63, 3.8) is 0 Å². The lowest BCUT2D eigenvalue weighted by atomic mass is 9.87. The molecule has 3 rings (SSSR count). The Bertz CT molecular complexity index is 382. The third kappa shape index (κ3) is 1.82. The lowest BCUT2D eigenvalue weighted by molar-refractivity contribution is 0.146. The predicted molar refractivity (Wildman–Crippen MR) is 62.5 cm³/mol. The SMILES string of the molecule is OCC1(CC2COc3ccccc3C2)CC1. The zero-order chi connectivity index (χ0) is 11.0. The Hall–Kier alpha value is -1.02. The van der Waals surface area contributed by atoms with E-state index >= 15 is 0 Å². The van der Waals surface area contributed by atoms with E-state index in [9.17, 15) is 5.11 Å². The number of fused-ring (bicyclic) bond motifs is 1. The first-order valence-electron chi connectivity index (χ1n) is 6.13. The molecule has 0 spiro atoms. The van der Waals surface area contributed by atoms with E-state index in [1.54, 1.807) is 0 Å². The van der Waals surface area contributed by atoms with Crippen molar-refractivity contribution in [3.05, 3.63) is 29.8 Å². The van der Waals surface area contributed by atoms with Gasteiger partial charge in [-0.05, 0) is 48.6 Å². The van der Waals surface area contributed by atoms with E-state index in [4.69, 9.17) is 4.74 Å². The first kappa shape index (κ1) is 10.2. The lowest BCUT2D eigenvalue weighted by Gasteiger charge is -2.27. The largest absolute Gasteiger partial charge is 0.493 e. The summed E-state index contributed by atoms with van der Waals surface area (Å²) in [5.41, 5.74) is 1.58. The maximum Gasteiger partial charge on any atom is 0.122 e. The van der Waals surface area contributed by atoms with Crippen LogP contribution in [-0.4, -0.2) is 18.3 Å². The van der Waals surface area contributed by atoms with Gasteiger partial charge in [-0.3, -0.25) is 0 Å². The second-order valence-corrected chi connectivity index (χ2v) is 5.35. The highest BCUT2D eigenvalue weighted by Crippen LogP contribution is 2.51. The minimum absolute atomic E-state index is 0.250. The van der Waals surface area contributed by atoms with Crippen molar-refractivity contribution in [1.29, 1.82) is 0 Å². The van der Waals surface area contributed by atoms with Gasteiger partial charge in [-0.2, -0.15) is 0 Å². The van der Waals surface area contributed by atoms with E-state index in [2.05, 4.69) is 12.1 Å². The molecule has 0 bridgehead atoms. The van der Waals surface area contributed by atoms with Crippen LogP contribution in [0.1, 0.15) is 24.8 Å². The Labute approximate surface area is 96.2 Å². The topological polar surface area (TPSA) is 29.5 Å². The molecule has 1 aliphatic carbocycles. The number of rotatable bonds is 3. The molecule has 0 aromatic heterocycles. The van der Waals surface area contributed by atoms with E-state index in [1.165, 1.54) is 18.4 Å². The molecule has 1 heterocycles. The molecule has 1 aromatic carbocycles. The summed E-state index contributed by atoms with van der Waals surface area (Å²) in [6.45, 7) is 1.17. The molecule has 1 saturated carbocycles. The van der Waals surface area contributed by atoms with Crippen molar-refractivity contribution in [2.24, 2.45) is 11.3 Å². The summed E-state index contributed by atoms with van der Waals surface area (Å²) in [6.07, 6.45) is 4.62. The van der Waals surface area contributed by atoms with Crippen molar-refractivity contribution < 1.29 is 9.84 Å². The highest BCUT2D eigenvalue weighted by atomic mass is 16.5. The molecular formula is C14H18O2. The zero-order valence-electron chi connectivity index (χ0n) is 9.48. The van der Waals surface area contributed by atoms with Crippen LogP contribution >= 0.6 is 0 Å². The van der Waals surface area contributed by atoms with E-state index in [-0.39, 0.29) is 5.41 Å². The number of hydrogen-bond donors (Lipinski definition) is 1. The summed E-state index contributed by atoms with van der Waals surface area (Å²) in [5, 5.41) is 9.34. The predicted octanol–water partition coefficient (Wildman–Crippen LogP) is 2.40. The van der Waals surface area contributed by atoms with Crippen LogP contribution in [-0.2, 0) is 6.42 Å². The average molecular weight is 218 g/mol. The van der Waals surface area contributed by atoms with Crippen LogP contribution in [0.25, 0.3) is 0 Å². The first-order valence-corrected chi connectivity index (χ1v) is 6.13. The molecule has 2 nitrogen and oxygen atoms in total. The minimum atomic E-state index is 0.250. The van der Waals surface area contributed by atoms with Crippen LogP contribution in [0, 0.1) is 11.3 Å². The number of para-hydroxylation sites is 1. The van der Waals surface area contributed by atoms with Crippen LogP contribution < -0.4 is 4.74 Å². The lowest BCUT2D eigenvalue weighted by Crippen LogP contribution is -2.25. The molecule has 2 heteroatoms. The van der Waals surface area contributed by atoms with Gasteiger partial charge in [0.25, 0.3) is 0 Å². The standard InChI is InChI=1S/C14H18O2/c15-10-14(5-6-14)8-11-7-12-3-1-2-4-13(12)16-9-11/h1-4,11,15H,5-10H2.